The predicted molar refractivity (Wildman–Crippen MR) is 135 cm³/mol. The summed E-state index contributed by atoms with van der Waals surface area (Å²) in [6.07, 6.45) is 12.2. The van der Waals surface area contributed by atoms with Crippen LogP contribution in [0.5, 0.6) is 0 Å². The van der Waals surface area contributed by atoms with Gasteiger partial charge in [-0.3, -0.25) is 9.59 Å². The van der Waals surface area contributed by atoms with Crippen molar-refractivity contribution >= 4 is 23.7 Å². The lowest BCUT2D eigenvalue weighted by Crippen LogP contribution is -2.21. The number of rotatable bonds is 2. The lowest BCUT2D eigenvalue weighted by atomic mass is 9.78. The highest BCUT2D eigenvalue weighted by Gasteiger charge is 2.28. The fourth-order valence-corrected chi connectivity index (χ4v) is 3.96. The van der Waals surface area contributed by atoms with E-state index < -0.39 is 0 Å². The standard InChI is InChI=1S/C30H34O2/c1-19-13-23(17-25(27(19)31)29(3,4)5)15-21-9-11-22(12-10-21)16-24-14-20(2)28(32)26(18-24)30(6,7)8/h9-18H,1-8H3/b23-15-,24-16-. The van der Waals surface area contributed by atoms with Crippen molar-refractivity contribution in [1.29, 1.82) is 0 Å². The van der Waals surface area contributed by atoms with Gasteiger partial charge in [0.25, 0.3) is 0 Å². The van der Waals surface area contributed by atoms with Crippen LogP contribution in [0.15, 0.2) is 82.0 Å². The van der Waals surface area contributed by atoms with Crippen LogP contribution in [0, 0.1) is 10.8 Å². The zero-order chi connectivity index (χ0) is 23.8. The van der Waals surface area contributed by atoms with E-state index in [4.69, 9.17) is 0 Å². The minimum Gasteiger partial charge on any atom is -0.289 e. The Balaban J connectivity index is 1.90. The summed E-state index contributed by atoms with van der Waals surface area (Å²) in [4.78, 5) is 25.1. The van der Waals surface area contributed by atoms with Gasteiger partial charge in [-0.1, -0.05) is 65.8 Å². The van der Waals surface area contributed by atoms with Crippen molar-refractivity contribution in [2.75, 3.05) is 0 Å². The van der Waals surface area contributed by atoms with Crippen molar-refractivity contribution in [3.8, 4) is 0 Å². The third-order valence-corrected chi connectivity index (χ3v) is 5.81. The Morgan fingerprint density at radius 2 is 0.875 bits per heavy atom. The summed E-state index contributed by atoms with van der Waals surface area (Å²) >= 11 is 0. The van der Waals surface area contributed by atoms with E-state index in [0.29, 0.717) is 0 Å². The Kier molecular flexibility index (Phi) is 6.29. The van der Waals surface area contributed by atoms with Gasteiger partial charge in [-0.2, -0.15) is 0 Å². The van der Waals surface area contributed by atoms with Crippen LogP contribution in [0.4, 0.5) is 0 Å². The van der Waals surface area contributed by atoms with E-state index in [1.807, 2.05) is 38.2 Å². The van der Waals surface area contributed by atoms with Crippen LogP contribution in [-0.2, 0) is 9.59 Å². The van der Waals surface area contributed by atoms with Crippen LogP contribution in [0.2, 0.25) is 0 Å². The average Bonchev–Trinajstić information content (AvgIpc) is 2.67. The third-order valence-electron chi connectivity index (χ3n) is 5.81. The molecule has 2 aliphatic carbocycles. The summed E-state index contributed by atoms with van der Waals surface area (Å²) in [5.74, 6) is 0.266. The highest BCUT2D eigenvalue weighted by Crippen LogP contribution is 2.34. The number of hydrogen-bond acceptors (Lipinski definition) is 2. The molecule has 2 nitrogen and oxygen atoms in total. The largest absolute Gasteiger partial charge is 0.289 e. The van der Waals surface area contributed by atoms with E-state index in [-0.39, 0.29) is 22.4 Å². The van der Waals surface area contributed by atoms with Gasteiger partial charge in [0.05, 0.1) is 0 Å². The number of carbonyl (C=O) groups is 2. The first-order valence-corrected chi connectivity index (χ1v) is 11.2. The zero-order valence-corrected chi connectivity index (χ0v) is 20.6. The van der Waals surface area contributed by atoms with E-state index >= 15 is 0 Å². The molecule has 0 heterocycles. The Labute approximate surface area is 192 Å². The molecule has 0 atom stereocenters. The van der Waals surface area contributed by atoms with Crippen molar-refractivity contribution in [2.45, 2.75) is 55.4 Å². The fourth-order valence-electron chi connectivity index (χ4n) is 3.96. The highest BCUT2D eigenvalue weighted by atomic mass is 16.1. The van der Waals surface area contributed by atoms with Gasteiger partial charge >= 0.3 is 0 Å². The Bertz CT molecular complexity index is 1050. The monoisotopic (exact) mass is 426 g/mol. The van der Waals surface area contributed by atoms with Crippen LogP contribution in [0.1, 0.15) is 66.5 Å². The third kappa shape index (κ3) is 5.24. The Morgan fingerprint density at radius 3 is 1.16 bits per heavy atom. The van der Waals surface area contributed by atoms with Gasteiger partial charge in [0.15, 0.2) is 11.6 Å². The molecule has 1 aromatic carbocycles. The van der Waals surface area contributed by atoms with Gasteiger partial charge in [-0.25, -0.2) is 0 Å². The molecule has 3 rings (SSSR count). The van der Waals surface area contributed by atoms with Crippen LogP contribution in [0.3, 0.4) is 0 Å². The van der Waals surface area contributed by atoms with E-state index in [9.17, 15) is 9.59 Å². The van der Waals surface area contributed by atoms with Crippen molar-refractivity contribution in [3.05, 3.63) is 93.1 Å². The Morgan fingerprint density at radius 1 is 0.562 bits per heavy atom. The second-order valence-electron chi connectivity index (χ2n) is 10.9. The minimum atomic E-state index is -0.186. The normalized spacial score (nSPS) is 20.2. The molecule has 0 saturated carbocycles. The molecule has 0 N–H and O–H groups in total. The van der Waals surface area contributed by atoms with Crippen LogP contribution < -0.4 is 0 Å². The Hall–Kier alpha value is -3.00. The number of hydrogen-bond donors (Lipinski definition) is 0. The molecule has 2 heteroatoms. The summed E-state index contributed by atoms with van der Waals surface area (Å²) in [6.45, 7) is 16.2. The van der Waals surface area contributed by atoms with Crippen molar-refractivity contribution in [1.82, 2.24) is 0 Å². The molecule has 32 heavy (non-hydrogen) atoms. The van der Waals surface area contributed by atoms with Crippen LogP contribution in [0.25, 0.3) is 12.2 Å². The minimum absolute atomic E-state index is 0.133. The molecule has 0 saturated heterocycles. The zero-order valence-electron chi connectivity index (χ0n) is 20.6. The summed E-state index contributed by atoms with van der Waals surface area (Å²) in [5, 5.41) is 0. The smallest absolute Gasteiger partial charge is 0.185 e. The van der Waals surface area contributed by atoms with Gasteiger partial charge in [-0.05, 0) is 94.6 Å². The molecule has 0 amide bonds. The quantitative estimate of drug-likeness (QED) is 0.492. The average molecular weight is 427 g/mol. The number of allylic oxidation sites excluding steroid dienone is 10. The maximum absolute atomic E-state index is 12.5. The maximum Gasteiger partial charge on any atom is 0.185 e. The molecule has 0 bridgehead atoms. The first-order chi connectivity index (χ1) is 14.8. The maximum atomic E-state index is 12.5. The van der Waals surface area contributed by atoms with Gasteiger partial charge < -0.3 is 0 Å². The van der Waals surface area contributed by atoms with Crippen molar-refractivity contribution in [2.24, 2.45) is 10.8 Å². The first kappa shape index (κ1) is 23.7. The number of ketones is 2. The molecule has 0 unspecified atom stereocenters. The lowest BCUT2D eigenvalue weighted by molar-refractivity contribution is -0.113. The van der Waals surface area contributed by atoms with Crippen molar-refractivity contribution < 1.29 is 9.59 Å². The molecule has 0 aliphatic heterocycles. The molecule has 166 valence electrons. The number of Topliss-reactive ketones (excluding diaryl/α,β-unsaturated/α-hetero) is 2. The molecule has 0 spiro atoms. The topological polar surface area (TPSA) is 34.1 Å². The van der Waals surface area contributed by atoms with E-state index in [0.717, 1.165) is 44.6 Å². The molecule has 0 aromatic heterocycles. The predicted octanol–water partition coefficient (Wildman–Crippen LogP) is 7.46. The second kappa shape index (κ2) is 8.50. The SMILES string of the molecule is CC1=C/C(=C/c2ccc(/C=C3/C=C(C)C(=O)C(C(C)(C)C)=C3)cc2)C=C(C(C)(C)C)C1=O. The summed E-state index contributed by atoms with van der Waals surface area (Å²) in [7, 11) is 0. The summed E-state index contributed by atoms with van der Waals surface area (Å²) < 4.78 is 0. The molecule has 1 aromatic rings. The number of carbonyl (C=O) groups excluding carboxylic acids is 2. The van der Waals surface area contributed by atoms with Gasteiger partial charge in [0.2, 0.25) is 0 Å². The van der Waals surface area contributed by atoms with Crippen molar-refractivity contribution in [3.63, 3.8) is 0 Å². The van der Waals surface area contributed by atoms with Gasteiger partial charge in [0.1, 0.15) is 0 Å². The molecular formula is C30H34O2. The van der Waals surface area contributed by atoms with Gasteiger partial charge in [-0.15, -0.1) is 0 Å². The molecular weight excluding hydrogens is 392 g/mol. The van der Waals surface area contributed by atoms with E-state index in [1.54, 1.807) is 0 Å². The molecule has 0 radical (unpaired) electrons. The first-order valence-electron chi connectivity index (χ1n) is 11.2. The molecule has 0 fully saturated rings. The number of benzene rings is 1. The van der Waals surface area contributed by atoms with Crippen LogP contribution in [-0.4, -0.2) is 11.6 Å². The molecule has 2 aliphatic rings. The van der Waals surface area contributed by atoms with E-state index in [2.05, 4.69) is 78.0 Å². The summed E-state index contributed by atoms with van der Waals surface area (Å²) in [5.41, 5.74) is 7.13. The van der Waals surface area contributed by atoms with Crippen LogP contribution >= 0.6 is 0 Å². The fraction of sp³-hybridized carbons (Fsp3) is 0.333. The van der Waals surface area contributed by atoms with E-state index in [1.165, 1.54) is 0 Å². The second-order valence-corrected chi connectivity index (χ2v) is 10.9. The lowest BCUT2D eigenvalue weighted by Gasteiger charge is -2.25. The van der Waals surface area contributed by atoms with Gasteiger partial charge in [0, 0.05) is 11.1 Å². The highest BCUT2D eigenvalue weighted by molar-refractivity contribution is 6.11. The summed E-state index contributed by atoms with van der Waals surface area (Å²) in [6, 6.07) is 8.34.